The van der Waals surface area contributed by atoms with E-state index in [1.54, 1.807) is 4.90 Å². The first-order valence-corrected chi connectivity index (χ1v) is 16.8. The van der Waals surface area contributed by atoms with E-state index in [9.17, 15) is 14.4 Å². The second kappa shape index (κ2) is 12.8. The molecule has 7 rings (SSSR count). The zero-order valence-corrected chi connectivity index (χ0v) is 28.5. The number of aromatic nitrogens is 2. The van der Waals surface area contributed by atoms with E-state index in [4.69, 9.17) is 0 Å². The fourth-order valence-corrected chi connectivity index (χ4v) is 7.46. The summed E-state index contributed by atoms with van der Waals surface area (Å²) >= 11 is 0. The SMILES string of the molecule is Cc1ccc(-c2c(C3c4ccccc4C(=O)N3C(CC(C)C)C(=O)NNC(=O)Cn3c(C)cc4ccccc43)c3ccccc3n2C)cc1. The standard InChI is InChI=1S/C41H41N5O3/c1-25(2)22-35(40(48)43-42-36(47)24-45-27(4)23-29-12-6-10-16-33(29)45)46-39(30-13-7-8-14-31(30)41(46)49)37-32-15-9-11-17-34(32)44(5)38(37)28-20-18-26(3)19-21-28/h6-21,23,25,35,39H,22,24H2,1-5H3,(H,42,47)(H,43,48). The maximum Gasteiger partial charge on any atom is 0.261 e. The molecule has 1 aliphatic heterocycles. The molecule has 0 bridgehead atoms. The molecule has 3 heterocycles. The van der Waals surface area contributed by atoms with Gasteiger partial charge >= 0.3 is 0 Å². The minimum atomic E-state index is -0.857. The van der Waals surface area contributed by atoms with Crippen LogP contribution in [0.2, 0.25) is 0 Å². The third-order valence-corrected chi connectivity index (χ3v) is 9.72. The number of carbonyl (C=O) groups excluding carboxylic acids is 3. The van der Waals surface area contributed by atoms with E-state index in [1.165, 1.54) is 0 Å². The van der Waals surface area contributed by atoms with E-state index in [0.29, 0.717) is 12.0 Å². The molecule has 248 valence electrons. The van der Waals surface area contributed by atoms with Crippen molar-refractivity contribution in [3.05, 3.63) is 131 Å². The normalized spacial score (nSPS) is 14.9. The first-order chi connectivity index (χ1) is 23.6. The predicted octanol–water partition coefficient (Wildman–Crippen LogP) is 7.22. The van der Waals surface area contributed by atoms with Crippen LogP contribution in [0.1, 0.15) is 59.1 Å². The Morgan fingerprint density at radius 3 is 2.24 bits per heavy atom. The van der Waals surface area contributed by atoms with Crippen molar-refractivity contribution in [2.45, 2.75) is 52.7 Å². The van der Waals surface area contributed by atoms with Gasteiger partial charge in [-0.2, -0.15) is 0 Å². The van der Waals surface area contributed by atoms with Crippen LogP contribution in [0.5, 0.6) is 0 Å². The monoisotopic (exact) mass is 651 g/mol. The summed E-state index contributed by atoms with van der Waals surface area (Å²) in [6.45, 7) is 8.14. The minimum Gasteiger partial charge on any atom is -0.343 e. The van der Waals surface area contributed by atoms with E-state index in [2.05, 4.69) is 65.8 Å². The smallest absolute Gasteiger partial charge is 0.261 e. The number of para-hydroxylation sites is 2. The maximum absolute atomic E-state index is 14.5. The zero-order chi connectivity index (χ0) is 34.4. The summed E-state index contributed by atoms with van der Waals surface area (Å²) in [5.74, 6) is -0.907. The molecule has 0 spiro atoms. The number of rotatable bonds is 8. The van der Waals surface area contributed by atoms with Gasteiger partial charge in [-0.05, 0) is 67.0 Å². The molecule has 1 aliphatic rings. The summed E-state index contributed by atoms with van der Waals surface area (Å²) in [7, 11) is 2.05. The Hall–Kier alpha value is -5.63. The molecule has 0 saturated heterocycles. The third-order valence-electron chi connectivity index (χ3n) is 9.72. The van der Waals surface area contributed by atoms with Crippen LogP contribution in [0.25, 0.3) is 33.1 Å². The Balaban J connectivity index is 1.28. The Labute approximate surface area is 286 Å². The molecule has 8 nitrogen and oxygen atoms in total. The molecule has 3 amide bonds. The zero-order valence-electron chi connectivity index (χ0n) is 28.5. The molecule has 0 fully saturated rings. The van der Waals surface area contributed by atoms with Crippen molar-refractivity contribution < 1.29 is 14.4 Å². The second-order valence-electron chi connectivity index (χ2n) is 13.5. The fourth-order valence-electron chi connectivity index (χ4n) is 7.46. The minimum absolute atomic E-state index is 0.0428. The van der Waals surface area contributed by atoms with Gasteiger partial charge in [-0.15, -0.1) is 0 Å². The molecule has 2 unspecified atom stereocenters. The lowest BCUT2D eigenvalue weighted by molar-refractivity contribution is -0.132. The van der Waals surface area contributed by atoms with Crippen LogP contribution in [0, 0.1) is 19.8 Å². The summed E-state index contributed by atoms with van der Waals surface area (Å²) in [6, 6.07) is 32.8. The number of aryl methyl sites for hydroxylation is 3. The van der Waals surface area contributed by atoms with Crippen molar-refractivity contribution >= 4 is 39.5 Å². The highest BCUT2D eigenvalue weighted by atomic mass is 16.2. The van der Waals surface area contributed by atoms with Crippen LogP contribution in [0.15, 0.2) is 103 Å². The third kappa shape index (κ3) is 5.67. The first-order valence-electron chi connectivity index (χ1n) is 16.8. The highest BCUT2D eigenvalue weighted by Gasteiger charge is 2.46. The van der Waals surface area contributed by atoms with Crippen LogP contribution in [-0.4, -0.2) is 37.8 Å². The van der Waals surface area contributed by atoms with E-state index < -0.39 is 18.0 Å². The lowest BCUT2D eigenvalue weighted by atomic mass is 9.91. The number of amides is 3. The second-order valence-corrected chi connectivity index (χ2v) is 13.5. The van der Waals surface area contributed by atoms with Crippen molar-refractivity contribution in [2.75, 3.05) is 0 Å². The maximum atomic E-state index is 14.5. The molecule has 0 aliphatic carbocycles. The van der Waals surface area contributed by atoms with E-state index >= 15 is 0 Å². The Morgan fingerprint density at radius 2 is 1.49 bits per heavy atom. The van der Waals surface area contributed by atoms with Gasteiger partial charge in [-0.3, -0.25) is 25.2 Å². The highest BCUT2D eigenvalue weighted by Crippen LogP contribution is 2.47. The predicted molar refractivity (Wildman–Crippen MR) is 194 cm³/mol. The van der Waals surface area contributed by atoms with Crippen molar-refractivity contribution in [3.63, 3.8) is 0 Å². The summed E-state index contributed by atoms with van der Waals surface area (Å²) < 4.78 is 4.11. The van der Waals surface area contributed by atoms with Gasteiger partial charge in [0, 0.05) is 40.3 Å². The molecular weight excluding hydrogens is 610 g/mol. The molecule has 0 saturated carbocycles. The number of fused-ring (bicyclic) bond motifs is 3. The lowest BCUT2D eigenvalue weighted by Crippen LogP contribution is -2.54. The number of carbonyl (C=O) groups is 3. The summed E-state index contributed by atoms with van der Waals surface area (Å²) in [5.41, 5.74) is 13.9. The summed E-state index contributed by atoms with van der Waals surface area (Å²) in [5, 5.41) is 2.07. The molecule has 6 aromatic rings. The quantitative estimate of drug-likeness (QED) is 0.170. The highest BCUT2D eigenvalue weighted by molar-refractivity contribution is 6.04. The number of hydrogen-bond donors (Lipinski definition) is 2. The summed E-state index contributed by atoms with van der Waals surface area (Å²) in [6.07, 6.45) is 0.407. The first kappa shape index (κ1) is 31.9. The van der Waals surface area contributed by atoms with E-state index in [-0.39, 0.29) is 24.3 Å². The molecule has 8 heteroatoms. The van der Waals surface area contributed by atoms with E-state index in [1.807, 2.05) is 92.1 Å². The molecule has 2 N–H and O–H groups in total. The summed E-state index contributed by atoms with van der Waals surface area (Å²) in [4.78, 5) is 43.8. The van der Waals surface area contributed by atoms with Gasteiger partial charge in [0.2, 0.25) is 0 Å². The van der Waals surface area contributed by atoms with Crippen LogP contribution in [0.4, 0.5) is 0 Å². The number of nitrogens with zero attached hydrogens (tertiary/aromatic N) is 3. The number of hydrazine groups is 1. The molecule has 49 heavy (non-hydrogen) atoms. The van der Waals surface area contributed by atoms with Crippen molar-refractivity contribution in [2.24, 2.45) is 13.0 Å². The van der Waals surface area contributed by atoms with Gasteiger partial charge in [0.05, 0.1) is 11.7 Å². The molecule has 2 atom stereocenters. The van der Waals surface area contributed by atoms with Crippen LogP contribution in [0.3, 0.4) is 0 Å². The van der Waals surface area contributed by atoms with Crippen LogP contribution >= 0.6 is 0 Å². The van der Waals surface area contributed by atoms with Crippen molar-refractivity contribution in [3.8, 4) is 11.3 Å². The van der Waals surface area contributed by atoms with Crippen molar-refractivity contribution in [1.82, 2.24) is 24.9 Å². The number of benzene rings is 4. The lowest BCUT2D eigenvalue weighted by Gasteiger charge is -2.34. The van der Waals surface area contributed by atoms with Gasteiger partial charge in [0.1, 0.15) is 12.6 Å². The van der Waals surface area contributed by atoms with Crippen LogP contribution in [-0.2, 0) is 23.2 Å². The van der Waals surface area contributed by atoms with E-state index in [0.717, 1.165) is 55.4 Å². The van der Waals surface area contributed by atoms with Crippen LogP contribution < -0.4 is 10.9 Å². The number of hydrogen-bond acceptors (Lipinski definition) is 3. The molecular formula is C41H41N5O3. The van der Waals surface area contributed by atoms with Gasteiger partial charge in [-0.1, -0.05) is 98.3 Å². The Bertz CT molecular complexity index is 2230. The van der Waals surface area contributed by atoms with Gasteiger partial charge in [0.15, 0.2) is 0 Å². The Morgan fingerprint density at radius 1 is 0.816 bits per heavy atom. The van der Waals surface area contributed by atoms with Gasteiger partial charge in [0.25, 0.3) is 17.7 Å². The topological polar surface area (TPSA) is 88.4 Å². The molecule has 0 radical (unpaired) electrons. The van der Waals surface area contributed by atoms with Crippen molar-refractivity contribution in [1.29, 1.82) is 0 Å². The molecule has 2 aromatic heterocycles. The van der Waals surface area contributed by atoms with Gasteiger partial charge in [-0.25, -0.2) is 0 Å². The average Bonchev–Trinajstić information content (AvgIpc) is 3.68. The fraction of sp³-hybridized carbons (Fsp3) is 0.244. The average molecular weight is 652 g/mol. The molecule has 4 aromatic carbocycles. The number of nitrogens with one attached hydrogen (secondary N) is 2. The Kier molecular flexibility index (Phi) is 8.32. The van der Waals surface area contributed by atoms with Gasteiger partial charge < -0.3 is 14.0 Å². The largest absolute Gasteiger partial charge is 0.343 e.